The molecule has 3 aliphatic rings. The summed E-state index contributed by atoms with van der Waals surface area (Å²) in [5.41, 5.74) is 3.53. The lowest BCUT2D eigenvalue weighted by molar-refractivity contribution is 0.131. The summed E-state index contributed by atoms with van der Waals surface area (Å²) in [6, 6.07) is 10.8. The maximum absolute atomic E-state index is 12.7. The van der Waals surface area contributed by atoms with Crippen molar-refractivity contribution in [2.75, 3.05) is 26.2 Å². The van der Waals surface area contributed by atoms with Crippen molar-refractivity contribution in [1.82, 2.24) is 19.8 Å². The summed E-state index contributed by atoms with van der Waals surface area (Å²) in [5, 5.41) is 0. The number of hydrogen-bond donors (Lipinski definition) is 1. The van der Waals surface area contributed by atoms with Crippen LogP contribution in [0.3, 0.4) is 0 Å². The summed E-state index contributed by atoms with van der Waals surface area (Å²) in [7, 11) is 0. The van der Waals surface area contributed by atoms with Crippen molar-refractivity contribution in [3.05, 3.63) is 63.3 Å². The predicted octanol–water partition coefficient (Wildman–Crippen LogP) is 4.09. The fraction of sp³-hybridized carbons (Fsp3) is 0.615. The summed E-state index contributed by atoms with van der Waals surface area (Å²) >= 11 is 0. The molecule has 1 saturated carbocycles. The topological polar surface area (TPSA) is 52.2 Å². The van der Waals surface area contributed by atoms with Crippen LogP contribution in [-0.4, -0.2) is 45.9 Å². The molecule has 1 aliphatic carbocycles. The van der Waals surface area contributed by atoms with Gasteiger partial charge in [-0.2, -0.15) is 0 Å². The number of piperidine rings is 1. The van der Waals surface area contributed by atoms with Crippen LogP contribution in [0.4, 0.5) is 0 Å². The number of aromatic nitrogens is 2. The molecule has 5 rings (SSSR count). The van der Waals surface area contributed by atoms with Gasteiger partial charge in [-0.15, -0.1) is 0 Å². The highest BCUT2D eigenvalue weighted by molar-refractivity contribution is 5.22. The van der Waals surface area contributed by atoms with Crippen molar-refractivity contribution in [3.63, 3.8) is 0 Å². The van der Waals surface area contributed by atoms with Gasteiger partial charge < -0.3 is 4.98 Å². The molecule has 0 radical (unpaired) electrons. The third-order valence-electron chi connectivity index (χ3n) is 7.64. The Hall–Kier alpha value is -1.98. The van der Waals surface area contributed by atoms with Crippen molar-refractivity contribution in [2.45, 2.75) is 70.4 Å². The van der Waals surface area contributed by atoms with E-state index in [4.69, 9.17) is 4.98 Å². The second-order valence-electron chi connectivity index (χ2n) is 9.90. The van der Waals surface area contributed by atoms with E-state index in [1.165, 1.54) is 63.6 Å². The lowest BCUT2D eigenvalue weighted by atomic mass is 9.88. The van der Waals surface area contributed by atoms with Gasteiger partial charge in [0.25, 0.3) is 5.56 Å². The number of benzene rings is 1. The van der Waals surface area contributed by atoms with Crippen molar-refractivity contribution < 1.29 is 0 Å². The van der Waals surface area contributed by atoms with Crippen molar-refractivity contribution in [3.8, 4) is 0 Å². The van der Waals surface area contributed by atoms with Crippen LogP contribution in [0.15, 0.2) is 35.1 Å². The summed E-state index contributed by atoms with van der Waals surface area (Å²) in [4.78, 5) is 26.0. The van der Waals surface area contributed by atoms with Crippen LogP contribution in [0.25, 0.3) is 0 Å². The summed E-state index contributed by atoms with van der Waals surface area (Å²) in [6.45, 7) is 6.43. The normalized spacial score (nSPS) is 21.8. The molecule has 5 nitrogen and oxygen atoms in total. The van der Waals surface area contributed by atoms with Crippen molar-refractivity contribution in [2.24, 2.45) is 5.92 Å². The second-order valence-corrected chi connectivity index (χ2v) is 9.90. The summed E-state index contributed by atoms with van der Waals surface area (Å²) in [6.07, 6.45) is 9.58. The van der Waals surface area contributed by atoms with Gasteiger partial charge in [0.05, 0.1) is 5.69 Å². The molecule has 0 amide bonds. The third-order valence-corrected chi connectivity index (χ3v) is 7.64. The largest absolute Gasteiger partial charge is 0.310 e. The zero-order chi connectivity index (χ0) is 21.0. The molecule has 166 valence electrons. The van der Waals surface area contributed by atoms with Gasteiger partial charge >= 0.3 is 0 Å². The van der Waals surface area contributed by atoms with Crippen LogP contribution in [0.1, 0.15) is 73.5 Å². The molecule has 5 heteroatoms. The Kier molecular flexibility index (Phi) is 6.51. The van der Waals surface area contributed by atoms with Crippen molar-refractivity contribution in [1.29, 1.82) is 0 Å². The molecule has 1 aromatic heterocycles. The molecule has 31 heavy (non-hydrogen) atoms. The maximum Gasteiger partial charge on any atom is 0.254 e. The Labute approximate surface area is 185 Å². The highest BCUT2D eigenvalue weighted by Crippen LogP contribution is 2.31. The van der Waals surface area contributed by atoms with Gasteiger partial charge in [-0.3, -0.25) is 14.6 Å². The maximum atomic E-state index is 12.7. The Morgan fingerprint density at radius 3 is 2.48 bits per heavy atom. The van der Waals surface area contributed by atoms with E-state index in [-0.39, 0.29) is 5.56 Å². The number of H-pyrrole nitrogens is 1. The molecule has 0 bridgehead atoms. The Balaban J connectivity index is 1.17. The van der Waals surface area contributed by atoms with Crippen LogP contribution in [0, 0.1) is 5.92 Å². The number of aromatic amines is 1. The smallest absolute Gasteiger partial charge is 0.254 e. The number of hydrogen-bond acceptors (Lipinski definition) is 4. The van der Waals surface area contributed by atoms with E-state index >= 15 is 0 Å². The lowest BCUT2D eigenvalue weighted by Crippen LogP contribution is -2.41. The molecular formula is C26H36N4O. The first kappa shape index (κ1) is 20.9. The van der Waals surface area contributed by atoms with Crippen LogP contribution in [0.2, 0.25) is 0 Å². The van der Waals surface area contributed by atoms with E-state index in [0.717, 1.165) is 55.6 Å². The fourth-order valence-electron chi connectivity index (χ4n) is 5.77. The highest BCUT2D eigenvalue weighted by Gasteiger charge is 2.27. The van der Waals surface area contributed by atoms with Gasteiger partial charge in [-0.05, 0) is 56.7 Å². The van der Waals surface area contributed by atoms with E-state index in [2.05, 4.69) is 45.1 Å². The van der Waals surface area contributed by atoms with Gasteiger partial charge in [0, 0.05) is 37.7 Å². The second kappa shape index (κ2) is 9.66. The summed E-state index contributed by atoms with van der Waals surface area (Å²) < 4.78 is 0. The van der Waals surface area contributed by atoms with Gasteiger partial charge in [0.15, 0.2) is 0 Å². The van der Waals surface area contributed by atoms with Gasteiger partial charge in [0.2, 0.25) is 0 Å². The monoisotopic (exact) mass is 420 g/mol. The first-order valence-corrected chi connectivity index (χ1v) is 12.3. The molecule has 1 N–H and O–H groups in total. The minimum atomic E-state index is 0.124. The van der Waals surface area contributed by atoms with Crippen LogP contribution in [0.5, 0.6) is 0 Å². The number of rotatable bonds is 5. The van der Waals surface area contributed by atoms with Gasteiger partial charge in [0.1, 0.15) is 5.82 Å². The Bertz CT molecular complexity index is 911. The quantitative estimate of drug-likeness (QED) is 0.792. The molecule has 3 heterocycles. The molecule has 2 aromatic rings. The standard InChI is InChI=1S/C26H36N4O/c31-26-23-13-16-30(19-24(23)27-25(28-26)22-9-5-2-6-10-22)18-21-11-14-29(15-12-21)17-20-7-3-1-4-8-20/h1,3-4,7-8,21-22H,2,5-6,9-19H2,(H,27,28,31). The molecule has 2 aliphatic heterocycles. The first-order valence-electron chi connectivity index (χ1n) is 12.3. The number of likely N-dealkylation sites (tertiary alicyclic amines) is 1. The molecule has 0 atom stereocenters. The fourth-order valence-corrected chi connectivity index (χ4v) is 5.77. The molecular weight excluding hydrogens is 384 g/mol. The number of nitrogens with zero attached hydrogens (tertiary/aromatic N) is 3. The molecule has 0 unspecified atom stereocenters. The van der Waals surface area contributed by atoms with E-state index in [1.807, 2.05) is 0 Å². The molecule has 0 spiro atoms. The first-order chi connectivity index (χ1) is 15.2. The highest BCUT2D eigenvalue weighted by atomic mass is 16.1. The molecule has 1 saturated heterocycles. The minimum Gasteiger partial charge on any atom is -0.310 e. The average Bonchev–Trinajstić information content (AvgIpc) is 2.81. The van der Waals surface area contributed by atoms with Crippen LogP contribution in [-0.2, 0) is 19.5 Å². The van der Waals surface area contributed by atoms with E-state index < -0.39 is 0 Å². The Morgan fingerprint density at radius 2 is 1.71 bits per heavy atom. The minimum absolute atomic E-state index is 0.124. The summed E-state index contributed by atoms with van der Waals surface area (Å²) in [5.74, 6) is 2.17. The zero-order valence-corrected chi connectivity index (χ0v) is 18.7. The zero-order valence-electron chi connectivity index (χ0n) is 18.7. The van der Waals surface area contributed by atoms with E-state index in [1.54, 1.807) is 0 Å². The Morgan fingerprint density at radius 1 is 0.935 bits per heavy atom. The van der Waals surface area contributed by atoms with Crippen molar-refractivity contribution >= 4 is 0 Å². The van der Waals surface area contributed by atoms with Crippen LogP contribution >= 0.6 is 0 Å². The number of nitrogens with one attached hydrogen (secondary N) is 1. The SMILES string of the molecule is O=c1[nH]c(C2CCCCC2)nc2c1CCN(CC1CCN(Cc3ccccc3)CC1)C2. The molecule has 2 fully saturated rings. The van der Waals surface area contributed by atoms with E-state index in [9.17, 15) is 4.79 Å². The number of fused-ring (bicyclic) bond motifs is 1. The van der Waals surface area contributed by atoms with E-state index in [0.29, 0.717) is 5.92 Å². The average molecular weight is 421 g/mol. The van der Waals surface area contributed by atoms with Crippen LogP contribution < -0.4 is 5.56 Å². The third kappa shape index (κ3) is 5.09. The lowest BCUT2D eigenvalue weighted by Gasteiger charge is -2.36. The van der Waals surface area contributed by atoms with Gasteiger partial charge in [-0.1, -0.05) is 49.6 Å². The van der Waals surface area contributed by atoms with Gasteiger partial charge in [-0.25, -0.2) is 4.98 Å². The predicted molar refractivity (Wildman–Crippen MR) is 124 cm³/mol. The molecule has 1 aromatic carbocycles.